The number of rotatable bonds is 3. The van der Waals surface area contributed by atoms with E-state index in [4.69, 9.17) is 0 Å². The van der Waals surface area contributed by atoms with Gasteiger partial charge in [-0.25, -0.2) is 4.98 Å². The smallest absolute Gasteiger partial charge is 0.185 e. The molecule has 4 heteroatoms. The molecule has 3 nitrogen and oxygen atoms in total. The molecule has 14 heavy (non-hydrogen) atoms. The Bertz CT molecular complexity index is 258. The van der Waals surface area contributed by atoms with Gasteiger partial charge >= 0.3 is 0 Å². The van der Waals surface area contributed by atoms with E-state index in [2.05, 4.69) is 20.6 Å². The molecule has 0 spiro atoms. The molecule has 1 unspecified atom stereocenters. The van der Waals surface area contributed by atoms with E-state index in [-0.39, 0.29) is 0 Å². The number of aromatic nitrogens is 1. The number of anilines is 1. The minimum Gasteiger partial charge on any atom is -0.344 e. The molecule has 1 aromatic rings. The molecule has 0 aromatic carbocycles. The molecule has 1 fully saturated rings. The third kappa shape index (κ3) is 2.07. The van der Waals surface area contributed by atoms with Crippen LogP contribution in [-0.2, 0) is 0 Å². The van der Waals surface area contributed by atoms with Crippen LogP contribution in [-0.4, -0.2) is 31.2 Å². The van der Waals surface area contributed by atoms with E-state index in [1.165, 1.54) is 30.9 Å². The van der Waals surface area contributed by atoms with Crippen molar-refractivity contribution in [1.29, 1.82) is 0 Å². The van der Waals surface area contributed by atoms with Crippen LogP contribution in [0.5, 0.6) is 0 Å². The summed E-state index contributed by atoms with van der Waals surface area (Å²) in [6.45, 7) is 2.24. The fourth-order valence-electron chi connectivity index (χ4n) is 2.06. The number of nitrogens with one attached hydrogen (secondary N) is 1. The molecule has 1 aliphatic rings. The van der Waals surface area contributed by atoms with Crippen molar-refractivity contribution >= 4 is 16.5 Å². The van der Waals surface area contributed by atoms with E-state index in [0.29, 0.717) is 6.04 Å². The summed E-state index contributed by atoms with van der Waals surface area (Å²) < 4.78 is 0. The summed E-state index contributed by atoms with van der Waals surface area (Å²) in [7, 11) is 2.02. The Labute approximate surface area is 89.1 Å². The van der Waals surface area contributed by atoms with Crippen LogP contribution >= 0.6 is 11.3 Å². The van der Waals surface area contributed by atoms with E-state index in [9.17, 15) is 0 Å². The number of nitrogens with zero attached hydrogens (tertiary/aromatic N) is 2. The van der Waals surface area contributed by atoms with Gasteiger partial charge in [-0.3, -0.25) is 0 Å². The topological polar surface area (TPSA) is 28.2 Å². The second-order valence-electron chi connectivity index (χ2n) is 3.72. The van der Waals surface area contributed by atoms with Gasteiger partial charge < -0.3 is 10.2 Å². The van der Waals surface area contributed by atoms with Crippen molar-refractivity contribution in [2.75, 3.05) is 25.0 Å². The summed E-state index contributed by atoms with van der Waals surface area (Å²) in [6.07, 6.45) is 5.85. The van der Waals surface area contributed by atoms with Gasteiger partial charge in [0.1, 0.15) is 0 Å². The SMILES string of the molecule is CNCC1CCCCN1c1nccs1. The normalized spacial score (nSPS) is 22.6. The van der Waals surface area contributed by atoms with Gasteiger partial charge in [-0.15, -0.1) is 11.3 Å². The van der Waals surface area contributed by atoms with Gasteiger partial charge in [0, 0.05) is 30.7 Å². The van der Waals surface area contributed by atoms with Crippen LogP contribution in [0, 0.1) is 0 Å². The first-order valence-corrected chi connectivity index (χ1v) is 6.10. The molecule has 1 N–H and O–H groups in total. The molecule has 1 atom stereocenters. The lowest BCUT2D eigenvalue weighted by Crippen LogP contribution is -2.44. The van der Waals surface area contributed by atoms with Gasteiger partial charge in [0.05, 0.1) is 0 Å². The van der Waals surface area contributed by atoms with Crippen molar-refractivity contribution in [2.24, 2.45) is 0 Å². The van der Waals surface area contributed by atoms with E-state index < -0.39 is 0 Å². The largest absolute Gasteiger partial charge is 0.344 e. The number of hydrogen-bond acceptors (Lipinski definition) is 4. The Hall–Kier alpha value is -0.610. The molecule has 1 aromatic heterocycles. The number of piperidine rings is 1. The molecule has 2 rings (SSSR count). The average molecular weight is 211 g/mol. The lowest BCUT2D eigenvalue weighted by atomic mass is 10.0. The van der Waals surface area contributed by atoms with E-state index in [1.54, 1.807) is 11.3 Å². The maximum Gasteiger partial charge on any atom is 0.185 e. The van der Waals surface area contributed by atoms with Crippen LogP contribution in [0.15, 0.2) is 11.6 Å². The lowest BCUT2D eigenvalue weighted by Gasteiger charge is -2.35. The summed E-state index contributed by atoms with van der Waals surface area (Å²) in [5.41, 5.74) is 0. The highest BCUT2D eigenvalue weighted by atomic mass is 32.1. The predicted octanol–water partition coefficient (Wildman–Crippen LogP) is 1.72. The molecule has 0 saturated carbocycles. The van der Waals surface area contributed by atoms with Crippen LogP contribution in [0.2, 0.25) is 0 Å². The molecule has 78 valence electrons. The molecule has 0 aliphatic carbocycles. The van der Waals surface area contributed by atoms with Crippen molar-refractivity contribution < 1.29 is 0 Å². The second kappa shape index (κ2) is 4.75. The summed E-state index contributed by atoms with van der Waals surface area (Å²) in [5.74, 6) is 0. The average Bonchev–Trinajstić information content (AvgIpc) is 2.72. The summed E-state index contributed by atoms with van der Waals surface area (Å²) >= 11 is 1.75. The van der Waals surface area contributed by atoms with Crippen molar-refractivity contribution in [3.05, 3.63) is 11.6 Å². The summed E-state index contributed by atoms with van der Waals surface area (Å²) in [6, 6.07) is 0.639. The Morgan fingerprint density at radius 1 is 1.64 bits per heavy atom. The van der Waals surface area contributed by atoms with Crippen molar-refractivity contribution in [3.63, 3.8) is 0 Å². The molecule has 0 amide bonds. The minimum absolute atomic E-state index is 0.639. The highest BCUT2D eigenvalue weighted by molar-refractivity contribution is 7.13. The van der Waals surface area contributed by atoms with Crippen LogP contribution in [0.3, 0.4) is 0 Å². The van der Waals surface area contributed by atoms with Gasteiger partial charge in [0.25, 0.3) is 0 Å². The highest BCUT2D eigenvalue weighted by Gasteiger charge is 2.23. The Morgan fingerprint density at radius 3 is 3.29 bits per heavy atom. The maximum absolute atomic E-state index is 4.39. The molecule has 0 radical (unpaired) electrons. The quantitative estimate of drug-likeness (QED) is 0.825. The zero-order chi connectivity index (χ0) is 9.80. The fraction of sp³-hybridized carbons (Fsp3) is 0.700. The minimum atomic E-state index is 0.639. The fourth-order valence-corrected chi connectivity index (χ4v) is 2.80. The van der Waals surface area contributed by atoms with Gasteiger partial charge in [-0.1, -0.05) is 0 Å². The first-order chi connectivity index (χ1) is 6.92. The number of hydrogen-bond donors (Lipinski definition) is 1. The van der Waals surface area contributed by atoms with Crippen molar-refractivity contribution in [3.8, 4) is 0 Å². The van der Waals surface area contributed by atoms with E-state index in [1.807, 2.05) is 13.2 Å². The lowest BCUT2D eigenvalue weighted by molar-refractivity contribution is 0.446. The third-order valence-electron chi connectivity index (χ3n) is 2.73. The zero-order valence-corrected chi connectivity index (χ0v) is 9.39. The maximum atomic E-state index is 4.39. The van der Waals surface area contributed by atoms with Crippen molar-refractivity contribution in [2.45, 2.75) is 25.3 Å². The molecular formula is C10H17N3S. The van der Waals surface area contributed by atoms with Crippen LogP contribution in [0.4, 0.5) is 5.13 Å². The standard InChI is InChI=1S/C10H17N3S/c1-11-8-9-4-2-3-6-13(9)10-12-5-7-14-10/h5,7,9,11H,2-4,6,8H2,1H3. The van der Waals surface area contributed by atoms with Crippen molar-refractivity contribution in [1.82, 2.24) is 10.3 Å². The van der Waals surface area contributed by atoms with E-state index in [0.717, 1.165) is 6.54 Å². The Balaban J connectivity index is 2.06. The Kier molecular flexibility index (Phi) is 3.37. The first-order valence-electron chi connectivity index (χ1n) is 5.22. The molecular weight excluding hydrogens is 194 g/mol. The molecule has 0 bridgehead atoms. The highest BCUT2D eigenvalue weighted by Crippen LogP contribution is 2.25. The molecule has 2 heterocycles. The number of thiazole rings is 1. The Morgan fingerprint density at radius 2 is 2.57 bits per heavy atom. The van der Waals surface area contributed by atoms with Gasteiger partial charge in [0.15, 0.2) is 5.13 Å². The molecule has 1 saturated heterocycles. The van der Waals surface area contributed by atoms with Crippen LogP contribution in [0.1, 0.15) is 19.3 Å². The van der Waals surface area contributed by atoms with Gasteiger partial charge in [0.2, 0.25) is 0 Å². The predicted molar refractivity (Wildman–Crippen MR) is 61.0 cm³/mol. The monoisotopic (exact) mass is 211 g/mol. The second-order valence-corrected chi connectivity index (χ2v) is 4.59. The van der Waals surface area contributed by atoms with Gasteiger partial charge in [-0.05, 0) is 26.3 Å². The van der Waals surface area contributed by atoms with E-state index >= 15 is 0 Å². The molecule has 1 aliphatic heterocycles. The van der Waals surface area contributed by atoms with Crippen LogP contribution in [0.25, 0.3) is 0 Å². The third-order valence-corrected chi connectivity index (χ3v) is 3.54. The first kappa shape index (κ1) is 9.93. The van der Waals surface area contributed by atoms with Gasteiger partial charge in [-0.2, -0.15) is 0 Å². The number of likely N-dealkylation sites (N-methyl/N-ethyl adjacent to an activating group) is 1. The van der Waals surface area contributed by atoms with Crippen LogP contribution < -0.4 is 10.2 Å². The summed E-state index contributed by atoms with van der Waals surface area (Å²) in [4.78, 5) is 6.84. The summed E-state index contributed by atoms with van der Waals surface area (Å²) in [5, 5.41) is 6.51. The zero-order valence-electron chi connectivity index (χ0n) is 8.57.